The van der Waals surface area contributed by atoms with Crippen LogP contribution in [0.15, 0.2) is 0 Å². The molecule has 1 heterocycles. The van der Waals surface area contributed by atoms with Crippen LogP contribution in [0, 0.1) is 5.92 Å². The van der Waals surface area contributed by atoms with E-state index in [2.05, 4.69) is 26.0 Å². The highest BCUT2D eigenvalue weighted by molar-refractivity contribution is 7.80. The number of aromatic nitrogens is 4. The van der Waals surface area contributed by atoms with Crippen LogP contribution in [-0.4, -0.2) is 31.2 Å². The predicted molar refractivity (Wildman–Crippen MR) is 67.3 cm³/mol. The molecule has 0 aliphatic carbocycles. The van der Waals surface area contributed by atoms with Crippen LogP contribution >= 0.6 is 12.2 Å². The number of thiocarbonyl (C=S) groups is 1. The summed E-state index contributed by atoms with van der Waals surface area (Å²) in [7, 11) is 0. The van der Waals surface area contributed by atoms with E-state index in [9.17, 15) is 4.79 Å². The van der Waals surface area contributed by atoms with Gasteiger partial charge in [-0.15, -0.1) is 5.10 Å². The third-order valence-corrected chi connectivity index (χ3v) is 2.01. The molecule has 0 aliphatic heterocycles. The Balaban J connectivity index is 2.41. The Bertz CT molecular complexity index is 402. The molecule has 17 heavy (non-hydrogen) atoms. The van der Waals surface area contributed by atoms with Gasteiger partial charge in [0.15, 0.2) is 5.11 Å². The lowest BCUT2D eigenvalue weighted by Crippen LogP contribution is -2.35. The van der Waals surface area contributed by atoms with Crippen LogP contribution < -0.4 is 10.6 Å². The SMILES string of the molecule is CCn1nnc(NC(=S)NC(=O)CC(C)C)n1. The van der Waals surface area contributed by atoms with Gasteiger partial charge in [-0.1, -0.05) is 18.9 Å². The smallest absolute Gasteiger partial charge is 0.269 e. The van der Waals surface area contributed by atoms with Gasteiger partial charge in [0, 0.05) is 6.42 Å². The van der Waals surface area contributed by atoms with Crippen molar-refractivity contribution >= 4 is 29.2 Å². The van der Waals surface area contributed by atoms with Gasteiger partial charge >= 0.3 is 0 Å². The van der Waals surface area contributed by atoms with Crippen molar-refractivity contribution in [2.24, 2.45) is 5.92 Å². The largest absolute Gasteiger partial charge is 0.303 e. The van der Waals surface area contributed by atoms with E-state index in [0.717, 1.165) is 0 Å². The van der Waals surface area contributed by atoms with E-state index in [4.69, 9.17) is 12.2 Å². The fourth-order valence-electron chi connectivity index (χ4n) is 1.11. The van der Waals surface area contributed by atoms with Crippen molar-refractivity contribution in [2.75, 3.05) is 5.32 Å². The fourth-order valence-corrected chi connectivity index (χ4v) is 1.31. The molecule has 0 spiro atoms. The number of anilines is 1. The summed E-state index contributed by atoms with van der Waals surface area (Å²) in [5.41, 5.74) is 0. The number of rotatable bonds is 4. The highest BCUT2D eigenvalue weighted by Crippen LogP contribution is 1.99. The number of hydrogen-bond acceptors (Lipinski definition) is 5. The van der Waals surface area contributed by atoms with Gasteiger partial charge in [0.25, 0.3) is 5.95 Å². The van der Waals surface area contributed by atoms with Gasteiger partial charge in [0.05, 0.1) is 6.54 Å². The monoisotopic (exact) mass is 256 g/mol. The zero-order chi connectivity index (χ0) is 12.8. The van der Waals surface area contributed by atoms with Gasteiger partial charge in [-0.05, 0) is 30.3 Å². The lowest BCUT2D eigenvalue weighted by atomic mass is 10.1. The van der Waals surface area contributed by atoms with E-state index >= 15 is 0 Å². The van der Waals surface area contributed by atoms with Gasteiger partial charge in [0.2, 0.25) is 5.91 Å². The Morgan fingerprint density at radius 1 is 1.53 bits per heavy atom. The van der Waals surface area contributed by atoms with Crippen molar-refractivity contribution in [3.05, 3.63) is 0 Å². The Kier molecular flexibility index (Phi) is 4.95. The van der Waals surface area contributed by atoms with Crippen LogP contribution in [0.1, 0.15) is 27.2 Å². The topological polar surface area (TPSA) is 84.7 Å². The highest BCUT2D eigenvalue weighted by atomic mass is 32.1. The van der Waals surface area contributed by atoms with Crippen LogP contribution in [0.3, 0.4) is 0 Å². The van der Waals surface area contributed by atoms with E-state index in [1.54, 1.807) is 0 Å². The Morgan fingerprint density at radius 2 is 2.24 bits per heavy atom. The summed E-state index contributed by atoms with van der Waals surface area (Å²) in [6.45, 7) is 6.45. The van der Waals surface area contributed by atoms with Crippen molar-refractivity contribution in [3.8, 4) is 0 Å². The van der Waals surface area contributed by atoms with E-state index < -0.39 is 0 Å². The van der Waals surface area contributed by atoms with Gasteiger partial charge in [-0.3, -0.25) is 10.1 Å². The molecule has 0 aliphatic rings. The molecule has 94 valence electrons. The summed E-state index contributed by atoms with van der Waals surface area (Å²) in [6, 6.07) is 0. The molecule has 2 N–H and O–H groups in total. The maximum atomic E-state index is 11.4. The summed E-state index contributed by atoms with van der Waals surface area (Å²) in [5.74, 6) is 0.443. The molecular weight excluding hydrogens is 240 g/mol. The highest BCUT2D eigenvalue weighted by Gasteiger charge is 2.09. The second-order valence-corrected chi connectivity index (χ2v) is 4.31. The van der Waals surface area contributed by atoms with Gasteiger partial charge in [-0.2, -0.15) is 4.80 Å². The molecule has 0 fully saturated rings. The van der Waals surface area contributed by atoms with Crippen molar-refractivity contribution in [3.63, 3.8) is 0 Å². The number of nitrogens with one attached hydrogen (secondary N) is 2. The Labute approximate surface area is 105 Å². The standard InChI is InChI=1S/C9H16N6OS/c1-4-15-13-8(12-14-15)11-9(17)10-7(16)5-6(2)3/h6H,4-5H2,1-3H3,(H2,10,11,13,16,17). The molecule has 0 bridgehead atoms. The first-order valence-electron chi connectivity index (χ1n) is 5.40. The van der Waals surface area contributed by atoms with Crippen molar-refractivity contribution in [1.29, 1.82) is 0 Å². The molecule has 0 aromatic carbocycles. The zero-order valence-corrected chi connectivity index (χ0v) is 10.9. The zero-order valence-electron chi connectivity index (χ0n) is 10.1. The third kappa shape index (κ3) is 4.85. The third-order valence-electron chi connectivity index (χ3n) is 1.81. The quantitative estimate of drug-likeness (QED) is 0.765. The summed E-state index contributed by atoms with van der Waals surface area (Å²) < 4.78 is 0. The van der Waals surface area contributed by atoms with Crippen LogP contribution in [0.25, 0.3) is 0 Å². The minimum atomic E-state index is -0.125. The predicted octanol–water partition coefficient (Wildman–Crippen LogP) is 0.552. The number of nitrogens with zero attached hydrogens (tertiary/aromatic N) is 4. The second-order valence-electron chi connectivity index (χ2n) is 3.90. The average Bonchev–Trinajstić information content (AvgIpc) is 2.63. The summed E-state index contributed by atoms with van der Waals surface area (Å²) in [5, 5.41) is 16.9. The number of carbonyl (C=O) groups is 1. The Morgan fingerprint density at radius 3 is 2.76 bits per heavy atom. The maximum Gasteiger partial charge on any atom is 0.269 e. The first-order valence-corrected chi connectivity index (χ1v) is 5.80. The number of tetrazole rings is 1. The van der Waals surface area contributed by atoms with Gasteiger partial charge in [0.1, 0.15) is 0 Å². The van der Waals surface area contributed by atoms with Crippen molar-refractivity contribution < 1.29 is 4.79 Å². The first-order chi connectivity index (χ1) is 8.01. The second kappa shape index (κ2) is 6.24. The minimum absolute atomic E-state index is 0.125. The van der Waals surface area contributed by atoms with E-state index in [0.29, 0.717) is 13.0 Å². The molecule has 7 nitrogen and oxygen atoms in total. The molecule has 0 unspecified atom stereocenters. The minimum Gasteiger partial charge on any atom is -0.303 e. The molecular formula is C9H16N6OS. The van der Waals surface area contributed by atoms with Crippen LogP contribution in [-0.2, 0) is 11.3 Å². The van der Waals surface area contributed by atoms with E-state index in [-0.39, 0.29) is 22.9 Å². The maximum absolute atomic E-state index is 11.4. The average molecular weight is 256 g/mol. The first kappa shape index (κ1) is 13.5. The van der Waals surface area contributed by atoms with E-state index in [1.807, 2.05) is 20.8 Å². The molecule has 1 rings (SSSR count). The Hall–Kier alpha value is -1.57. The summed E-state index contributed by atoms with van der Waals surface area (Å²) in [4.78, 5) is 12.8. The molecule has 1 amide bonds. The van der Waals surface area contributed by atoms with Crippen LogP contribution in [0.4, 0.5) is 5.95 Å². The molecule has 0 atom stereocenters. The molecule has 0 saturated carbocycles. The van der Waals surface area contributed by atoms with Crippen LogP contribution in [0.2, 0.25) is 0 Å². The normalized spacial score (nSPS) is 10.4. The fraction of sp³-hybridized carbons (Fsp3) is 0.667. The number of aryl methyl sites for hydroxylation is 1. The number of amides is 1. The number of carbonyl (C=O) groups excluding carboxylic acids is 1. The summed E-state index contributed by atoms with van der Waals surface area (Å²) >= 11 is 4.95. The lowest BCUT2D eigenvalue weighted by Gasteiger charge is -2.07. The van der Waals surface area contributed by atoms with Gasteiger partial charge < -0.3 is 5.32 Å². The molecule has 0 saturated heterocycles. The lowest BCUT2D eigenvalue weighted by molar-refractivity contribution is -0.120. The molecule has 8 heteroatoms. The van der Waals surface area contributed by atoms with Crippen LogP contribution in [0.5, 0.6) is 0 Å². The molecule has 0 radical (unpaired) electrons. The molecule has 1 aromatic rings. The molecule has 1 aromatic heterocycles. The van der Waals surface area contributed by atoms with Crippen molar-refractivity contribution in [2.45, 2.75) is 33.7 Å². The van der Waals surface area contributed by atoms with Gasteiger partial charge in [-0.25, -0.2) is 0 Å². The van der Waals surface area contributed by atoms with E-state index in [1.165, 1.54) is 4.80 Å². The number of hydrogen-bond donors (Lipinski definition) is 2. The summed E-state index contributed by atoms with van der Waals surface area (Å²) in [6.07, 6.45) is 0.427. The van der Waals surface area contributed by atoms with Crippen molar-refractivity contribution in [1.82, 2.24) is 25.5 Å².